The number of benzene rings is 1. The molecule has 0 unspecified atom stereocenters. The van der Waals surface area contributed by atoms with Gasteiger partial charge in [0.1, 0.15) is 5.00 Å². The average Bonchev–Trinajstić information content (AvgIpc) is 3.05. The second kappa shape index (κ2) is 9.43. The third-order valence-electron chi connectivity index (χ3n) is 5.81. The van der Waals surface area contributed by atoms with E-state index in [2.05, 4.69) is 38.3 Å². The summed E-state index contributed by atoms with van der Waals surface area (Å²) in [4.78, 5) is 27.1. The van der Waals surface area contributed by atoms with E-state index >= 15 is 0 Å². The van der Waals surface area contributed by atoms with Crippen molar-refractivity contribution in [1.29, 1.82) is 0 Å². The van der Waals surface area contributed by atoms with E-state index in [1.165, 1.54) is 23.5 Å². The maximum atomic E-state index is 12.9. The number of ether oxygens (including phenoxy) is 1. The molecule has 0 fully saturated rings. The Morgan fingerprint density at radius 3 is 2.32 bits per heavy atom. The van der Waals surface area contributed by atoms with Crippen LogP contribution in [-0.4, -0.2) is 37.7 Å². The highest BCUT2D eigenvalue weighted by Gasteiger charge is 2.42. The highest BCUT2D eigenvalue weighted by atomic mass is 32.2. The zero-order chi connectivity index (χ0) is 25.5. The molecule has 34 heavy (non-hydrogen) atoms. The molecule has 186 valence electrons. The van der Waals surface area contributed by atoms with Crippen LogP contribution in [0.15, 0.2) is 29.2 Å². The first-order valence-corrected chi connectivity index (χ1v) is 13.8. The first-order chi connectivity index (χ1) is 15.7. The number of hydrogen-bond acceptors (Lipinski definition) is 7. The van der Waals surface area contributed by atoms with Crippen LogP contribution >= 0.6 is 11.3 Å². The highest BCUT2D eigenvalue weighted by molar-refractivity contribution is 7.92. The number of carbonyl (C=O) groups is 2. The summed E-state index contributed by atoms with van der Waals surface area (Å²) in [7, 11) is -3.37. The molecule has 2 aromatic rings. The molecule has 1 aliphatic rings. The number of sulfone groups is 1. The zero-order valence-electron chi connectivity index (χ0n) is 20.9. The van der Waals surface area contributed by atoms with Crippen LogP contribution in [0, 0.1) is 0 Å². The molecule has 3 rings (SSSR count). The van der Waals surface area contributed by atoms with Crippen molar-refractivity contribution in [2.75, 3.05) is 11.9 Å². The quantitative estimate of drug-likeness (QED) is 0.538. The minimum absolute atomic E-state index is 0.0555. The van der Waals surface area contributed by atoms with Gasteiger partial charge in [-0.3, -0.25) is 4.79 Å². The third kappa shape index (κ3) is 5.37. The molecule has 9 heteroatoms. The van der Waals surface area contributed by atoms with Gasteiger partial charge in [0.15, 0.2) is 9.84 Å². The van der Waals surface area contributed by atoms with Gasteiger partial charge in [-0.05, 0) is 78.1 Å². The Kier molecular flexibility index (Phi) is 7.32. The predicted molar refractivity (Wildman–Crippen MR) is 135 cm³/mol. The molecule has 1 aliphatic heterocycles. The van der Waals surface area contributed by atoms with E-state index in [0.29, 0.717) is 22.5 Å². The second-order valence-electron chi connectivity index (χ2n) is 10.1. The molecule has 2 N–H and O–H groups in total. The van der Waals surface area contributed by atoms with E-state index in [1.807, 2.05) is 0 Å². The standard InChI is InChI=1S/C25H34N2O5S2/c1-8-32-23(29)20-18-14-24(4,5)27-25(6,7)21(18)33-22(20)26-19(28)13-16-9-11-17(12-10-16)34(30,31)15(2)3/h9-12,15,27H,8,13-14H2,1-7H3,(H,26,28). The third-order valence-corrected chi connectivity index (χ3v) is 9.46. The lowest BCUT2D eigenvalue weighted by Gasteiger charge is -2.42. The van der Waals surface area contributed by atoms with Gasteiger partial charge in [-0.25, -0.2) is 13.2 Å². The van der Waals surface area contributed by atoms with Crippen LogP contribution in [0.3, 0.4) is 0 Å². The number of hydrogen-bond donors (Lipinski definition) is 2. The van der Waals surface area contributed by atoms with Crippen molar-refractivity contribution < 1.29 is 22.7 Å². The molecule has 1 aromatic heterocycles. The molecule has 0 spiro atoms. The summed E-state index contributed by atoms with van der Waals surface area (Å²) < 4.78 is 30.0. The van der Waals surface area contributed by atoms with Gasteiger partial charge in [0.2, 0.25) is 5.91 Å². The summed E-state index contributed by atoms with van der Waals surface area (Å²) in [5, 5.41) is 6.50. The van der Waals surface area contributed by atoms with E-state index in [1.54, 1.807) is 32.9 Å². The van der Waals surface area contributed by atoms with Crippen molar-refractivity contribution in [3.05, 3.63) is 45.8 Å². The Hall–Kier alpha value is -2.23. The molecular weight excluding hydrogens is 472 g/mol. The number of esters is 1. The first kappa shape index (κ1) is 26.4. The summed E-state index contributed by atoms with van der Waals surface area (Å²) in [5.41, 5.74) is 1.43. The lowest BCUT2D eigenvalue weighted by molar-refractivity contribution is -0.115. The fourth-order valence-electron chi connectivity index (χ4n) is 4.46. The van der Waals surface area contributed by atoms with E-state index in [0.717, 1.165) is 10.4 Å². The van der Waals surface area contributed by atoms with Crippen LogP contribution in [0.2, 0.25) is 0 Å². The zero-order valence-corrected chi connectivity index (χ0v) is 22.5. The smallest absolute Gasteiger partial charge is 0.341 e. The molecule has 0 bridgehead atoms. The maximum absolute atomic E-state index is 12.9. The summed E-state index contributed by atoms with van der Waals surface area (Å²) in [6.07, 6.45) is 0.693. The number of fused-ring (bicyclic) bond motifs is 1. The van der Waals surface area contributed by atoms with Crippen LogP contribution in [0.1, 0.15) is 74.8 Å². The van der Waals surface area contributed by atoms with Gasteiger partial charge in [-0.1, -0.05) is 12.1 Å². The molecule has 0 saturated carbocycles. The predicted octanol–water partition coefficient (Wildman–Crippen LogP) is 4.45. The van der Waals surface area contributed by atoms with E-state index < -0.39 is 21.1 Å². The summed E-state index contributed by atoms with van der Waals surface area (Å²) in [6.45, 7) is 13.6. The Morgan fingerprint density at radius 1 is 1.15 bits per heavy atom. The van der Waals surface area contributed by atoms with Gasteiger partial charge in [0.05, 0.1) is 28.7 Å². The Labute approximate surface area is 206 Å². The lowest BCUT2D eigenvalue weighted by Crippen LogP contribution is -2.55. The van der Waals surface area contributed by atoms with Crippen molar-refractivity contribution in [3.8, 4) is 0 Å². The highest BCUT2D eigenvalue weighted by Crippen LogP contribution is 2.45. The number of rotatable bonds is 7. The fourth-order valence-corrected chi connectivity index (χ4v) is 6.80. The van der Waals surface area contributed by atoms with Crippen LogP contribution in [0.4, 0.5) is 5.00 Å². The monoisotopic (exact) mass is 506 g/mol. The lowest BCUT2D eigenvalue weighted by atomic mass is 9.81. The summed E-state index contributed by atoms with van der Waals surface area (Å²) in [5.74, 6) is -0.722. The molecule has 0 atom stereocenters. The molecule has 0 radical (unpaired) electrons. The molecule has 0 aliphatic carbocycles. The van der Waals surface area contributed by atoms with E-state index in [4.69, 9.17) is 4.74 Å². The molecule has 7 nitrogen and oxygen atoms in total. The van der Waals surface area contributed by atoms with Gasteiger partial charge < -0.3 is 15.4 Å². The number of thiophene rings is 1. The van der Waals surface area contributed by atoms with Gasteiger partial charge >= 0.3 is 5.97 Å². The van der Waals surface area contributed by atoms with Crippen LogP contribution < -0.4 is 10.6 Å². The molecule has 1 aromatic carbocycles. The Bertz CT molecular complexity index is 1190. The normalized spacial score (nSPS) is 16.7. The SMILES string of the molecule is CCOC(=O)c1c(NC(=O)Cc2ccc(S(=O)(=O)C(C)C)cc2)sc2c1CC(C)(C)NC2(C)C. The molecule has 0 saturated heterocycles. The Morgan fingerprint density at radius 2 is 1.76 bits per heavy atom. The van der Waals surface area contributed by atoms with Crippen LogP contribution in [-0.2, 0) is 37.7 Å². The van der Waals surface area contributed by atoms with Crippen LogP contribution in [0.5, 0.6) is 0 Å². The Balaban J connectivity index is 1.89. The largest absolute Gasteiger partial charge is 0.462 e. The van der Waals surface area contributed by atoms with E-state index in [9.17, 15) is 18.0 Å². The van der Waals surface area contributed by atoms with Crippen molar-refractivity contribution in [1.82, 2.24) is 5.32 Å². The maximum Gasteiger partial charge on any atom is 0.341 e. The topological polar surface area (TPSA) is 102 Å². The van der Waals surface area contributed by atoms with Crippen molar-refractivity contribution in [2.45, 2.75) is 82.5 Å². The molecule has 2 heterocycles. The molecule has 1 amide bonds. The van der Waals surface area contributed by atoms with Crippen LogP contribution in [0.25, 0.3) is 0 Å². The van der Waals surface area contributed by atoms with Gasteiger partial charge in [-0.2, -0.15) is 0 Å². The van der Waals surface area contributed by atoms with Gasteiger partial charge in [0.25, 0.3) is 0 Å². The number of amides is 1. The minimum atomic E-state index is -3.37. The summed E-state index contributed by atoms with van der Waals surface area (Å²) in [6, 6.07) is 6.36. The first-order valence-electron chi connectivity index (χ1n) is 11.4. The number of nitrogens with one attached hydrogen (secondary N) is 2. The number of carbonyl (C=O) groups excluding carboxylic acids is 2. The van der Waals surface area contributed by atoms with Gasteiger partial charge in [0, 0.05) is 16.0 Å². The minimum Gasteiger partial charge on any atom is -0.462 e. The van der Waals surface area contributed by atoms with E-state index in [-0.39, 0.29) is 34.9 Å². The second-order valence-corrected chi connectivity index (χ2v) is 13.6. The fraction of sp³-hybridized carbons (Fsp3) is 0.520. The summed E-state index contributed by atoms with van der Waals surface area (Å²) >= 11 is 1.40. The molecular formula is C25H34N2O5S2. The van der Waals surface area contributed by atoms with Gasteiger partial charge in [-0.15, -0.1) is 11.3 Å². The number of anilines is 1. The van der Waals surface area contributed by atoms with Crippen molar-refractivity contribution in [3.63, 3.8) is 0 Å². The van der Waals surface area contributed by atoms with Crippen molar-refractivity contribution in [2.24, 2.45) is 0 Å². The van der Waals surface area contributed by atoms with Crippen molar-refractivity contribution >= 4 is 38.1 Å². The average molecular weight is 507 g/mol.